The number of aliphatic hydroxyl groups is 1. The average Bonchev–Trinajstić information content (AvgIpc) is 2.90. The van der Waals surface area contributed by atoms with E-state index >= 15 is 0 Å². The van der Waals surface area contributed by atoms with Crippen LogP contribution in [0.2, 0.25) is 0 Å². The summed E-state index contributed by atoms with van der Waals surface area (Å²) in [6.07, 6.45) is 1.57. The number of aromatic nitrogens is 2. The van der Waals surface area contributed by atoms with Gasteiger partial charge in [-0.25, -0.2) is 9.37 Å². The third-order valence-electron chi connectivity index (χ3n) is 2.94. The van der Waals surface area contributed by atoms with E-state index in [2.05, 4.69) is 4.98 Å². The van der Waals surface area contributed by atoms with Crippen LogP contribution in [-0.4, -0.2) is 33.0 Å². The van der Waals surface area contributed by atoms with Crippen molar-refractivity contribution < 1.29 is 19.0 Å². The maximum atomic E-state index is 13.0. The first-order chi connectivity index (χ1) is 10.6. The number of hydrogen-bond acceptors (Lipinski definition) is 5. The van der Waals surface area contributed by atoms with Crippen molar-refractivity contribution in [2.24, 2.45) is 0 Å². The smallest absolute Gasteiger partial charge is 0.316 e. The number of esters is 1. The van der Waals surface area contributed by atoms with E-state index in [1.807, 2.05) is 0 Å². The standard InChI is InChI=1S/C15H17FN2O3S/c1-2-21-14(20)10-22-15-17-7-13(9-19)18(15)8-11-3-5-12(16)6-4-11/h3-7,19H,2,8-10H2,1H3. The molecular weight excluding hydrogens is 307 g/mol. The first kappa shape index (κ1) is 16.5. The van der Waals surface area contributed by atoms with Crippen LogP contribution in [0.4, 0.5) is 4.39 Å². The third kappa shape index (κ3) is 4.32. The van der Waals surface area contributed by atoms with E-state index in [1.165, 1.54) is 23.9 Å². The van der Waals surface area contributed by atoms with Crippen LogP contribution >= 0.6 is 11.8 Å². The molecule has 1 aromatic carbocycles. The van der Waals surface area contributed by atoms with Crippen molar-refractivity contribution in [2.45, 2.75) is 25.2 Å². The van der Waals surface area contributed by atoms with Gasteiger partial charge in [-0.15, -0.1) is 0 Å². The molecule has 0 spiro atoms. The first-order valence-electron chi connectivity index (χ1n) is 6.82. The molecule has 0 fully saturated rings. The second kappa shape index (κ2) is 7.95. The van der Waals surface area contributed by atoms with Gasteiger partial charge in [0.15, 0.2) is 5.16 Å². The Morgan fingerprint density at radius 3 is 2.77 bits per heavy atom. The molecule has 0 aliphatic carbocycles. The second-order valence-corrected chi connectivity index (χ2v) is 5.44. The quantitative estimate of drug-likeness (QED) is 0.625. The van der Waals surface area contributed by atoms with Crippen molar-refractivity contribution in [3.8, 4) is 0 Å². The van der Waals surface area contributed by atoms with Gasteiger partial charge >= 0.3 is 5.97 Å². The van der Waals surface area contributed by atoms with Gasteiger partial charge in [0.05, 0.1) is 30.9 Å². The molecule has 0 bridgehead atoms. The molecule has 5 nitrogen and oxygen atoms in total. The topological polar surface area (TPSA) is 64.3 Å². The van der Waals surface area contributed by atoms with Crippen LogP contribution in [0.1, 0.15) is 18.2 Å². The molecule has 0 atom stereocenters. The molecule has 0 radical (unpaired) electrons. The highest BCUT2D eigenvalue weighted by atomic mass is 32.2. The van der Waals surface area contributed by atoms with E-state index < -0.39 is 0 Å². The Morgan fingerprint density at radius 1 is 1.41 bits per heavy atom. The lowest BCUT2D eigenvalue weighted by Crippen LogP contribution is -2.10. The fourth-order valence-electron chi connectivity index (χ4n) is 1.90. The number of halogens is 1. The van der Waals surface area contributed by atoms with Gasteiger partial charge in [0.25, 0.3) is 0 Å². The SMILES string of the molecule is CCOC(=O)CSc1ncc(CO)n1Cc1ccc(F)cc1. The number of aliphatic hydroxyl groups excluding tert-OH is 1. The minimum Gasteiger partial charge on any atom is -0.465 e. The fourth-order valence-corrected chi connectivity index (χ4v) is 2.70. The Labute approximate surface area is 132 Å². The van der Waals surface area contributed by atoms with Gasteiger partial charge in [-0.1, -0.05) is 23.9 Å². The van der Waals surface area contributed by atoms with Gasteiger partial charge in [0, 0.05) is 6.54 Å². The maximum absolute atomic E-state index is 13.0. The van der Waals surface area contributed by atoms with E-state index in [-0.39, 0.29) is 24.1 Å². The van der Waals surface area contributed by atoms with E-state index in [9.17, 15) is 14.3 Å². The Kier molecular flexibility index (Phi) is 5.97. The molecule has 0 saturated heterocycles. The van der Waals surface area contributed by atoms with Crippen LogP contribution in [0.25, 0.3) is 0 Å². The number of ether oxygens (including phenoxy) is 1. The van der Waals surface area contributed by atoms with Crippen molar-refractivity contribution in [2.75, 3.05) is 12.4 Å². The van der Waals surface area contributed by atoms with Crippen molar-refractivity contribution >= 4 is 17.7 Å². The van der Waals surface area contributed by atoms with Crippen LogP contribution in [0.3, 0.4) is 0 Å². The van der Waals surface area contributed by atoms with Gasteiger partial charge in [-0.3, -0.25) is 4.79 Å². The number of carbonyl (C=O) groups is 1. The Hall–Kier alpha value is -1.86. The predicted molar refractivity (Wildman–Crippen MR) is 81.0 cm³/mol. The second-order valence-electron chi connectivity index (χ2n) is 4.50. The van der Waals surface area contributed by atoms with Gasteiger partial charge in [-0.05, 0) is 24.6 Å². The molecule has 2 rings (SSSR count). The van der Waals surface area contributed by atoms with E-state index in [0.717, 1.165) is 5.56 Å². The predicted octanol–water partition coefficient (Wildman–Crippen LogP) is 2.22. The molecule has 2 aromatic rings. The summed E-state index contributed by atoms with van der Waals surface area (Å²) in [6.45, 7) is 2.38. The summed E-state index contributed by atoms with van der Waals surface area (Å²) in [5.74, 6) is -0.456. The van der Waals surface area contributed by atoms with Crippen LogP contribution in [0.5, 0.6) is 0 Å². The normalized spacial score (nSPS) is 10.7. The van der Waals surface area contributed by atoms with E-state index in [1.54, 1.807) is 29.8 Å². The van der Waals surface area contributed by atoms with Crippen LogP contribution in [0.15, 0.2) is 35.6 Å². The highest BCUT2D eigenvalue weighted by Gasteiger charge is 2.13. The minimum atomic E-state index is -0.311. The van der Waals surface area contributed by atoms with Crippen molar-refractivity contribution in [1.82, 2.24) is 9.55 Å². The molecular formula is C15H17FN2O3S. The highest BCUT2D eigenvalue weighted by Crippen LogP contribution is 2.20. The third-order valence-corrected chi connectivity index (χ3v) is 3.91. The summed E-state index contributed by atoms with van der Waals surface area (Å²) in [4.78, 5) is 15.6. The Bertz CT molecular complexity index is 628. The first-order valence-corrected chi connectivity index (χ1v) is 7.80. The molecule has 22 heavy (non-hydrogen) atoms. The number of hydrogen-bond donors (Lipinski definition) is 1. The summed E-state index contributed by atoms with van der Waals surface area (Å²) in [5, 5.41) is 10.0. The molecule has 1 N–H and O–H groups in total. The van der Waals surface area contributed by atoms with Crippen molar-refractivity contribution in [3.63, 3.8) is 0 Å². The fraction of sp³-hybridized carbons (Fsp3) is 0.333. The number of thioether (sulfide) groups is 1. The Morgan fingerprint density at radius 2 is 2.14 bits per heavy atom. The number of rotatable bonds is 7. The number of benzene rings is 1. The molecule has 0 unspecified atom stereocenters. The van der Waals surface area contributed by atoms with Gasteiger partial charge in [0.1, 0.15) is 5.82 Å². The number of nitrogens with zero attached hydrogens (tertiary/aromatic N) is 2. The Balaban J connectivity index is 2.12. The summed E-state index contributed by atoms with van der Waals surface area (Å²) in [6, 6.07) is 6.12. The molecule has 0 saturated carbocycles. The molecule has 0 amide bonds. The molecule has 0 aliphatic heterocycles. The molecule has 0 aliphatic rings. The summed E-state index contributed by atoms with van der Waals surface area (Å²) in [7, 11) is 0. The number of carbonyl (C=O) groups excluding carboxylic acids is 1. The van der Waals surface area contributed by atoms with E-state index in [0.29, 0.717) is 24.0 Å². The highest BCUT2D eigenvalue weighted by molar-refractivity contribution is 7.99. The van der Waals surface area contributed by atoms with Crippen LogP contribution in [0, 0.1) is 5.82 Å². The van der Waals surface area contributed by atoms with Gasteiger partial charge in [0.2, 0.25) is 0 Å². The van der Waals surface area contributed by atoms with Gasteiger partial charge < -0.3 is 14.4 Å². The zero-order chi connectivity index (χ0) is 15.9. The lowest BCUT2D eigenvalue weighted by atomic mass is 10.2. The zero-order valence-corrected chi connectivity index (χ0v) is 13.0. The lowest BCUT2D eigenvalue weighted by Gasteiger charge is -2.10. The molecule has 1 aromatic heterocycles. The maximum Gasteiger partial charge on any atom is 0.316 e. The summed E-state index contributed by atoms with van der Waals surface area (Å²) in [5.41, 5.74) is 1.52. The van der Waals surface area contributed by atoms with Crippen LogP contribution < -0.4 is 0 Å². The largest absolute Gasteiger partial charge is 0.465 e. The summed E-state index contributed by atoms with van der Waals surface area (Å²) >= 11 is 1.25. The monoisotopic (exact) mass is 324 g/mol. The lowest BCUT2D eigenvalue weighted by molar-refractivity contribution is -0.139. The molecule has 1 heterocycles. The van der Waals surface area contributed by atoms with E-state index in [4.69, 9.17) is 4.74 Å². The van der Waals surface area contributed by atoms with Gasteiger partial charge in [-0.2, -0.15) is 0 Å². The molecule has 7 heteroatoms. The molecule has 118 valence electrons. The van der Waals surface area contributed by atoms with Crippen LogP contribution in [-0.2, 0) is 22.7 Å². The zero-order valence-electron chi connectivity index (χ0n) is 12.2. The minimum absolute atomic E-state index is 0.152. The summed E-state index contributed by atoms with van der Waals surface area (Å²) < 4.78 is 19.6. The van der Waals surface area contributed by atoms with Crippen molar-refractivity contribution in [1.29, 1.82) is 0 Å². The number of imidazole rings is 1. The van der Waals surface area contributed by atoms with Crippen molar-refractivity contribution in [3.05, 3.63) is 47.5 Å². The average molecular weight is 324 g/mol.